The first-order valence-corrected chi connectivity index (χ1v) is 6.51. The lowest BCUT2D eigenvalue weighted by Gasteiger charge is -2.05. The van der Waals surface area contributed by atoms with Crippen LogP contribution in [0.5, 0.6) is 5.75 Å². The van der Waals surface area contributed by atoms with Gasteiger partial charge in [-0.05, 0) is 18.2 Å². The number of pyridine rings is 1. The lowest BCUT2D eigenvalue weighted by atomic mass is 10.2. The molecule has 3 N–H and O–H groups in total. The molecule has 0 aliphatic carbocycles. The van der Waals surface area contributed by atoms with Gasteiger partial charge in [0.25, 0.3) is 5.91 Å². The van der Waals surface area contributed by atoms with Gasteiger partial charge >= 0.3 is 0 Å². The number of aliphatic hydroxyl groups excluding tert-OH is 1. The first-order valence-electron chi connectivity index (χ1n) is 5.35. The van der Waals surface area contributed by atoms with Crippen LogP contribution in [0.15, 0.2) is 18.5 Å². The first-order chi connectivity index (χ1) is 8.25. The molecule has 0 unspecified atom stereocenters. The van der Waals surface area contributed by atoms with Crippen molar-refractivity contribution in [3.63, 3.8) is 0 Å². The molecule has 0 saturated carbocycles. The van der Waals surface area contributed by atoms with Crippen LogP contribution in [0.25, 0.3) is 0 Å². The Hall–Kier alpha value is -1.27. The number of hydrogen-bond donors (Lipinski definition) is 3. The van der Waals surface area contributed by atoms with Gasteiger partial charge in [0.1, 0.15) is 5.75 Å². The van der Waals surface area contributed by atoms with Gasteiger partial charge < -0.3 is 15.5 Å². The van der Waals surface area contributed by atoms with E-state index < -0.39 is 0 Å². The van der Waals surface area contributed by atoms with E-state index in [2.05, 4.69) is 10.3 Å². The molecule has 0 atom stereocenters. The number of carbonyl (C=O) groups excluding carboxylic acids is 1. The number of aliphatic hydroxyl groups is 1. The van der Waals surface area contributed by atoms with Crippen LogP contribution < -0.4 is 5.32 Å². The SMILES string of the molecule is O=C(NCCSCCCO)c1ccncc1O. The predicted molar refractivity (Wildman–Crippen MR) is 67.3 cm³/mol. The Balaban J connectivity index is 2.24. The van der Waals surface area contributed by atoms with Crippen molar-refractivity contribution in [1.82, 2.24) is 10.3 Å². The summed E-state index contributed by atoms with van der Waals surface area (Å²) in [7, 11) is 0. The largest absolute Gasteiger partial charge is 0.505 e. The Morgan fingerprint density at radius 2 is 2.29 bits per heavy atom. The number of nitrogens with one attached hydrogen (secondary N) is 1. The lowest BCUT2D eigenvalue weighted by molar-refractivity contribution is 0.0953. The maximum Gasteiger partial charge on any atom is 0.255 e. The molecule has 0 bridgehead atoms. The van der Waals surface area contributed by atoms with Gasteiger partial charge in [-0.2, -0.15) is 11.8 Å². The van der Waals surface area contributed by atoms with E-state index in [9.17, 15) is 9.90 Å². The van der Waals surface area contributed by atoms with Crippen molar-refractivity contribution in [3.8, 4) is 5.75 Å². The second-order valence-electron chi connectivity index (χ2n) is 3.34. The fourth-order valence-electron chi connectivity index (χ4n) is 1.18. The molecule has 1 rings (SSSR count). The summed E-state index contributed by atoms with van der Waals surface area (Å²) in [5.74, 6) is 1.26. The maximum absolute atomic E-state index is 11.6. The molecule has 1 aromatic heterocycles. The van der Waals surface area contributed by atoms with Crippen molar-refractivity contribution in [2.24, 2.45) is 0 Å². The number of nitrogens with zero attached hydrogens (tertiary/aromatic N) is 1. The summed E-state index contributed by atoms with van der Waals surface area (Å²) in [6, 6.07) is 1.48. The van der Waals surface area contributed by atoms with Crippen molar-refractivity contribution in [3.05, 3.63) is 24.0 Å². The van der Waals surface area contributed by atoms with Gasteiger partial charge in [-0.15, -0.1) is 0 Å². The van der Waals surface area contributed by atoms with Crippen molar-refractivity contribution in [2.75, 3.05) is 24.7 Å². The molecule has 1 aromatic rings. The monoisotopic (exact) mass is 256 g/mol. The number of amides is 1. The third-order valence-corrected chi connectivity index (χ3v) is 3.09. The Morgan fingerprint density at radius 3 is 3.00 bits per heavy atom. The van der Waals surface area contributed by atoms with E-state index in [1.54, 1.807) is 11.8 Å². The van der Waals surface area contributed by atoms with Gasteiger partial charge in [0, 0.05) is 25.1 Å². The minimum Gasteiger partial charge on any atom is -0.505 e. The van der Waals surface area contributed by atoms with Crippen molar-refractivity contribution in [2.45, 2.75) is 6.42 Å². The number of hydrogen-bond acceptors (Lipinski definition) is 5. The summed E-state index contributed by atoms with van der Waals surface area (Å²) in [6.45, 7) is 0.737. The summed E-state index contributed by atoms with van der Waals surface area (Å²) in [5, 5.41) is 20.7. The molecule has 94 valence electrons. The summed E-state index contributed by atoms with van der Waals surface area (Å²) in [4.78, 5) is 15.3. The van der Waals surface area contributed by atoms with Gasteiger partial charge in [-0.1, -0.05) is 0 Å². The Bertz CT molecular complexity index is 360. The first kappa shape index (κ1) is 13.8. The zero-order valence-electron chi connectivity index (χ0n) is 9.43. The van der Waals surface area contributed by atoms with E-state index >= 15 is 0 Å². The van der Waals surface area contributed by atoms with Crippen molar-refractivity contribution in [1.29, 1.82) is 0 Å². The third kappa shape index (κ3) is 5.06. The van der Waals surface area contributed by atoms with Gasteiger partial charge in [0.2, 0.25) is 0 Å². The lowest BCUT2D eigenvalue weighted by Crippen LogP contribution is -2.25. The highest BCUT2D eigenvalue weighted by molar-refractivity contribution is 7.99. The summed E-state index contributed by atoms with van der Waals surface area (Å²) in [6.07, 6.45) is 3.47. The quantitative estimate of drug-likeness (QED) is 0.623. The molecular weight excluding hydrogens is 240 g/mol. The second-order valence-corrected chi connectivity index (χ2v) is 4.56. The van der Waals surface area contributed by atoms with E-state index in [1.807, 2.05) is 0 Å². The molecule has 0 saturated heterocycles. The molecule has 0 spiro atoms. The molecule has 0 fully saturated rings. The standard InChI is InChI=1S/C11H16N2O3S/c14-5-1-6-17-7-4-13-11(16)9-2-3-12-8-10(9)15/h2-3,8,14-15H,1,4-7H2,(H,13,16). The highest BCUT2D eigenvalue weighted by Gasteiger charge is 2.09. The molecule has 1 amide bonds. The summed E-state index contributed by atoms with van der Waals surface area (Å²) in [5.41, 5.74) is 0.236. The van der Waals surface area contributed by atoms with E-state index in [4.69, 9.17) is 5.11 Å². The normalized spacial score (nSPS) is 10.2. The second kappa shape index (κ2) is 7.92. The van der Waals surface area contributed by atoms with Gasteiger partial charge in [-0.3, -0.25) is 9.78 Å². The summed E-state index contributed by atoms with van der Waals surface area (Å²) >= 11 is 1.67. The van der Waals surface area contributed by atoms with Gasteiger partial charge in [0.15, 0.2) is 0 Å². The average molecular weight is 256 g/mol. The van der Waals surface area contributed by atoms with Crippen LogP contribution in [-0.2, 0) is 0 Å². The van der Waals surface area contributed by atoms with Crippen LogP contribution in [-0.4, -0.2) is 45.8 Å². The topological polar surface area (TPSA) is 82.5 Å². The van der Waals surface area contributed by atoms with Gasteiger partial charge in [-0.25, -0.2) is 0 Å². The summed E-state index contributed by atoms with van der Waals surface area (Å²) < 4.78 is 0. The molecule has 5 nitrogen and oxygen atoms in total. The van der Waals surface area contributed by atoms with Crippen LogP contribution in [0.2, 0.25) is 0 Å². The number of carbonyl (C=O) groups is 1. The van der Waals surface area contributed by atoms with Crippen LogP contribution >= 0.6 is 11.8 Å². The molecule has 0 aliphatic heterocycles. The van der Waals surface area contributed by atoms with E-state index in [1.165, 1.54) is 18.5 Å². The average Bonchev–Trinajstić information content (AvgIpc) is 2.34. The van der Waals surface area contributed by atoms with Crippen LogP contribution in [0, 0.1) is 0 Å². The minimum absolute atomic E-state index is 0.113. The van der Waals surface area contributed by atoms with Crippen LogP contribution in [0.3, 0.4) is 0 Å². The third-order valence-electron chi connectivity index (χ3n) is 2.02. The highest BCUT2D eigenvalue weighted by Crippen LogP contribution is 2.13. The zero-order valence-corrected chi connectivity index (χ0v) is 10.2. The predicted octanol–water partition coefficient (Wildman–Crippen LogP) is 0.633. The maximum atomic E-state index is 11.6. The van der Waals surface area contributed by atoms with Crippen LogP contribution in [0.4, 0.5) is 0 Å². The van der Waals surface area contributed by atoms with Gasteiger partial charge in [0.05, 0.1) is 11.8 Å². The fraction of sp³-hybridized carbons (Fsp3) is 0.455. The Labute approximate surface area is 104 Å². The zero-order chi connectivity index (χ0) is 12.5. The molecule has 0 radical (unpaired) electrons. The molecule has 0 aromatic carbocycles. The molecular formula is C11H16N2O3S. The minimum atomic E-state index is -0.298. The Morgan fingerprint density at radius 1 is 1.47 bits per heavy atom. The van der Waals surface area contributed by atoms with E-state index in [0.29, 0.717) is 6.54 Å². The molecule has 0 aliphatic rings. The van der Waals surface area contributed by atoms with Crippen LogP contribution in [0.1, 0.15) is 16.8 Å². The van der Waals surface area contributed by atoms with E-state index in [-0.39, 0.29) is 23.8 Å². The fourth-order valence-corrected chi connectivity index (χ4v) is 1.96. The molecule has 1 heterocycles. The van der Waals surface area contributed by atoms with E-state index in [0.717, 1.165) is 17.9 Å². The Kier molecular flexibility index (Phi) is 6.42. The number of thioether (sulfide) groups is 1. The highest BCUT2D eigenvalue weighted by atomic mass is 32.2. The van der Waals surface area contributed by atoms with Crippen molar-refractivity contribution < 1.29 is 15.0 Å². The number of rotatable bonds is 7. The molecule has 6 heteroatoms. The van der Waals surface area contributed by atoms with Crippen molar-refractivity contribution >= 4 is 17.7 Å². The molecule has 17 heavy (non-hydrogen) atoms. The number of aromatic hydroxyl groups is 1. The smallest absolute Gasteiger partial charge is 0.255 e. The number of aromatic nitrogens is 1.